The summed E-state index contributed by atoms with van der Waals surface area (Å²) in [5, 5.41) is 7.81. The SMILES string of the molecule is NS(=O)(=O)CCNc1cccc(Br)c1. The third kappa shape index (κ3) is 4.59. The van der Waals surface area contributed by atoms with Crippen LogP contribution in [0.15, 0.2) is 28.7 Å². The molecule has 6 heteroatoms. The van der Waals surface area contributed by atoms with Crippen molar-refractivity contribution < 1.29 is 8.42 Å². The normalized spacial score (nSPS) is 11.3. The van der Waals surface area contributed by atoms with Gasteiger partial charge in [-0.2, -0.15) is 0 Å². The van der Waals surface area contributed by atoms with Crippen molar-refractivity contribution in [2.24, 2.45) is 5.14 Å². The number of rotatable bonds is 4. The third-order valence-electron chi connectivity index (χ3n) is 1.54. The topological polar surface area (TPSA) is 72.2 Å². The van der Waals surface area contributed by atoms with Gasteiger partial charge in [0.1, 0.15) is 0 Å². The zero-order chi connectivity index (χ0) is 10.6. The monoisotopic (exact) mass is 278 g/mol. The van der Waals surface area contributed by atoms with Crippen molar-refractivity contribution in [2.75, 3.05) is 17.6 Å². The first-order valence-corrected chi connectivity index (χ1v) is 6.48. The molecule has 78 valence electrons. The maximum atomic E-state index is 10.6. The van der Waals surface area contributed by atoms with Gasteiger partial charge in [0.2, 0.25) is 10.0 Å². The Balaban J connectivity index is 2.47. The number of nitrogens with two attached hydrogens (primary N) is 1. The summed E-state index contributed by atoms with van der Waals surface area (Å²) in [6, 6.07) is 7.48. The van der Waals surface area contributed by atoms with Crippen molar-refractivity contribution in [3.63, 3.8) is 0 Å². The predicted octanol–water partition coefficient (Wildman–Crippen LogP) is 1.15. The van der Waals surface area contributed by atoms with Crippen LogP contribution >= 0.6 is 15.9 Å². The predicted molar refractivity (Wildman–Crippen MR) is 60.6 cm³/mol. The molecule has 1 aromatic carbocycles. The molecule has 0 bridgehead atoms. The van der Waals surface area contributed by atoms with E-state index < -0.39 is 10.0 Å². The highest BCUT2D eigenvalue weighted by Gasteiger charge is 2.01. The van der Waals surface area contributed by atoms with E-state index in [9.17, 15) is 8.42 Å². The average molecular weight is 279 g/mol. The Kier molecular flexibility index (Phi) is 3.91. The molecular formula is C8H11BrN2O2S. The Morgan fingerprint density at radius 1 is 1.43 bits per heavy atom. The minimum Gasteiger partial charge on any atom is -0.384 e. The van der Waals surface area contributed by atoms with Gasteiger partial charge in [-0.05, 0) is 18.2 Å². The van der Waals surface area contributed by atoms with Gasteiger partial charge in [0, 0.05) is 16.7 Å². The maximum Gasteiger partial charge on any atom is 0.210 e. The molecule has 0 aliphatic rings. The van der Waals surface area contributed by atoms with E-state index in [0.717, 1.165) is 10.2 Å². The standard InChI is InChI=1S/C8H11BrN2O2S/c9-7-2-1-3-8(6-7)11-4-5-14(10,12)13/h1-3,6,11H,4-5H2,(H2,10,12,13). The van der Waals surface area contributed by atoms with Crippen molar-refractivity contribution in [3.8, 4) is 0 Å². The number of benzene rings is 1. The molecule has 0 heterocycles. The first-order valence-electron chi connectivity index (χ1n) is 3.97. The molecule has 4 nitrogen and oxygen atoms in total. The Morgan fingerprint density at radius 2 is 2.14 bits per heavy atom. The second-order valence-electron chi connectivity index (χ2n) is 2.80. The second-order valence-corrected chi connectivity index (χ2v) is 5.45. The lowest BCUT2D eigenvalue weighted by Gasteiger charge is -2.05. The van der Waals surface area contributed by atoms with Crippen LogP contribution < -0.4 is 10.5 Å². The summed E-state index contributed by atoms with van der Waals surface area (Å²) in [6.07, 6.45) is 0. The molecule has 0 spiro atoms. The van der Waals surface area contributed by atoms with Gasteiger partial charge in [0.05, 0.1) is 5.75 Å². The van der Waals surface area contributed by atoms with Gasteiger partial charge < -0.3 is 5.32 Å². The van der Waals surface area contributed by atoms with Gasteiger partial charge in [-0.25, -0.2) is 13.6 Å². The molecule has 0 saturated heterocycles. The van der Waals surface area contributed by atoms with E-state index in [4.69, 9.17) is 5.14 Å². The number of hydrogen-bond donors (Lipinski definition) is 2. The van der Waals surface area contributed by atoms with E-state index in [-0.39, 0.29) is 5.75 Å². The first kappa shape index (κ1) is 11.5. The molecular weight excluding hydrogens is 268 g/mol. The van der Waals surface area contributed by atoms with E-state index in [2.05, 4.69) is 21.2 Å². The number of hydrogen-bond acceptors (Lipinski definition) is 3. The van der Waals surface area contributed by atoms with Gasteiger partial charge >= 0.3 is 0 Å². The number of nitrogens with one attached hydrogen (secondary N) is 1. The van der Waals surface area contributed by atoms with Crippen LogP contribution in [0.25, 0.3) is 0 Å². The average Bonchev–Trinajstić information content (AvgIpc) is 2.01. The van der Waals surface area contributed by atoms with Gasteiger partial charge in [-0.15, -0.1) is 0 Å². The molecule has 0 saturated carbocycles. The van der Waals surface area contributed by atoms with Crippen LogP contribution in [-0.2, 0) is 10.0 Å². The minimum absolute atomic E-state index is 0.0699. The molecule has 1 aromatic rings. The molecule has 14 heavy (non-hydrogen) atoms. The highest BCUT2D eigenvalue weighted by molar-refractivity contribution is 9.10. The molecule has 0 unspecified atom stereocenters. The van der Waals surface area contributed by atoms with Gasteiger partial charge in [-0.3, -0.25) is 0 Å². The van der Waals surface area contributed by atoms with E-state index in [1.807, 2.05) is 24.3 Å². The molecule has 0 amide bonds. The lowest BCUT2D eigenvalue weighted by Crippen LogP contribution is -2.22. The first-order chi connectivity index (χ1) is 6.47. The number of sulfonamides is 1. The van der Waals surface area contributed by atoms with E-state index in [0.29, 0.717) is 6.54 Å². The van der Waals surface area contributed by atoms with Gasteiger partial charge in [-0.1, -0.05) is 22.0 Å². The van der Waals surface area contributed by atoms with Crippen molar-refractivity contribution in [1.29, 1.82) is 0 Å². The summed E-state index contributed by atoms with van der Waals surface area (Å²) in [5.41, 5.74) is 0.864. The van der Waals surface area contributed by atoms with Crippen LogP contribution in [0.5, 0.6) is 0 Å². The van der Waals surface area contributed by atoms with Crippen molar-refractivity contribution in [1.82, 2.24) is 0 Å². The molecule has 0 atom stereocenters. The zero-order valence-electron chi connectivity index (χ0n) is 7.40. The molecule has 0 aliphatic carbocycles. The van der Waals surface area contributed by atoms with Crippen LogP contribution in [0.2, 0.25) is 0 Å². The largest absolute Gasteiger partial charge is 0.384 e. The fourth-order valence-corrected chi connectivity index (χ4v) is 1.72. The fourth-order valence-electron chi connectivity index (χ4n) is 0.936. The number of halogens is 1. The van der Waals surface area contributed by atoms with E-state index in [1.54, 1.807) is 0 Å². The Labute approximate surface area is 91.7 Å². The van der Waals surface area contributed by atoms with Crippen LogP contribution in [0.3, 0.4) is 0 Å². The molecule has 3 N–H and O–H groups in total. The summed E-state index contributed by atoms with van der Waals surface area (Å²) >= 11 is 3.31. The number of anilines is 1. The van der Waals surface area contributed by atoms with E-state index >= 15 is 0 Å². The lowest BCUT2D eigenvalue weighted by molar-refractivity contribution is 0.598. The van der Waals surface area contributed by atoms with Crippen LogP contribution in [0.4, 0.5) is 5.69 Å². The Hall–Kier alpha value is -0.590. The maximum absolute atomic E-state index is 10.6. The van der Waals surface area contributed by atoms with Gasteiger partial charge in [0.15, 0.2) is 0 Å². The van der Waals surface area contributed by atoms with E-state index in [1.165, 1.54) is 0 Å². The van der Waals surface area contributed by atoms with Crippen LogP contribution in [0.1, 0.15) is 0 Å². The summed E-state index contributed by atoms with van der Waals surface area (Å²) in [4.78, 5) is 0. The van der Waals surface area contributed by atoms with Crippen molar-refractivity contribution in [2.45, 2.75) is 0 Å². The smallest absolute Gasteiger partial charge is 0.210 e. The third-order valence-corrected chi connectivity index (χ3v) is 2.81. The zero-order valence-corrected chi connectivity index (χ0v) is 9.81. The van der Waals surface area contributed by atoms with Crippen LogP contribution in [0, 0.1) is 0 Å². The van der Waals surface area contributed by atoms with Crippen LogP contribution in [-0.4, -0.2) is 20.7 Å². The molecule has 0 fully saturated rings. The highest BCUT2D eigenvalue weighted by atomic mass is 79.9. The molecule has 0 aromatic heterocycles. The fraction of sp³-hybridized carbons (Fsp3) is 0.250. The second kappa shape index (κ2) is 4.77. The molecule has 0 radical (unpaired) electrons. The van der Waals surface area contributed by atoms with Crippen molar-refractivity contribution >= 4 is 31.6 Å². The highest BCUT2D eigenvalue weighted by Crippen LogP contribution is 2.15. The molecule has 1 rings (SSSR count). The summed E-state index contributed by atoms with van der Waals surface area (Å²) in [5.74, 6) is -0.0699. The Bertz CT molecular complexity index is 406. The molecule has 0 aliphatic heterocycles. The summed E-state index contributed by atoms with van der Waals surface area (Å²) in [7, 11) is -3.38. The number of primary sulfonamides is 1. The van der Waals surface area contributed by atoms with Gasteiger partial charge in [0.25, 0.3) is 0 Å². The Morgan fingerprint density at radius 3 is 2.71 bits per heavy atom. The summed E-state index contributed by atoms with van der Waals surface area (Å²) < 4.78 is 22.2. The van der Waals surface area contributed by atoms with Crippen molar-refractivity contribution in [3.05, 3.63) is 28.7 Å². The summed E-state index contributed by atoms with van der Waals surface area (Å²) in [6.45, 7) is 0.315. The minimum atomic E-state index is -3.38. The lowest BCUT2D eigenvalue weighted by atomic mass is 10.3. The quantitative estimate of drug-likeness (QED) is 0.868.